The number of pyridine rings is 1. The zero-order valence-electron chi connectivity index (χ0n) is 28.9. The molecule has 0 fully saturated rings. The quantitative estimate of drug-likeness (QED) is 0.147. The van der Waals surface area contributed by atoms with Crippen LogP contribution in [-0.2, 0) is 11.3 Å². The Hall–Kier alpha value is -4.49. The number of amides is 1. The van der Waals surface area contributed by atoms with Crippen LogP contribution in [0.2, 0.25) is 0 Å². The summed E-state index contributed by atoms with van der Waals surface area (Å²) in [5.41, 5.74) is 11.0. The molecule has 48 heavy (non-hydrogen) atoms. The smallest absolute Gasteiger partial charge is 0.234 e. The first kappa shape index (κ1) is 36.3. The Bertz CT molecular complexity index is 1890. The first-order valence-corrected chi connectivity index (χ1v) is 16.5. The molecule has 0 saturated carbocycles. The number of aryl methyl sites for hydroxylation is 2. The Kier molecular flexibility index (Phi) is 12.9. The van der Waals surface area contributed by atoms with Gasteiger partial charge in [0.25, 0.3) is 0 Å². The van der Waals surface area contributed by atoms with Crippen LogP contribution in [0, 0.1) is 6.92 Å². The number of rotatable bonds is 7. The second-order valence-electron chi connectivity index (χ2n) is 12.0. The van der Waals surface area contributed by atoms with Crippen molar-refractivity contribution in [1.29, 1.82) is 0 Å². The maximum atomic E-state index is 12.4. The number of fused-ring (bicyclic) bond motifs is 2. The number of hydrogen-bond donors (Lipinski definition) is 0. The highest BCUT2D eigenvalue weighted by molar-refractivity contribution is 5.89. The van der Waals surface area contributed by atoms with E-state index in [1.54, 1.807) is 19.0 Å². The molecule has 246 valence electrons. The van der Waals surface area contributed by atoms with Crippen molar-refractivity contribution in [3.8, 4) is 0 Å². The number of allylic oxidation sites excluding steroid dienone is 5. The van der Waals surface area contributed by atoms with E-state index in [1.807, 2.05) is 60.7 Å². The van der Waals surface area contributed by atoms with E-state index in [9.17, 15) is 4.79 Å². The number of hydrogen-bond acceptors (Lipinski definition) is 2. The molecule has 5 aromatic rings. The summed E-state index contributed by atoms with van der Waals surface area (Å²) in [7, 11) is 3.59. The number of benzene rings is 4. The van der Waals surface area contributed by atoms with Crippen molar-refractivity contribution in [3.05, 3.63) is 167 Å². The van der Waals surface area contributed by atoms with E-state index >= 15 is 0 Å². The van der Waals surface area contributed by atoms with Crippen LogP contribution in [0.3, 0.4) is 0 Å². The van der Waals surface area contributed by atoms with E-state index < -0.39 is 0 Å². The van der Waals surface area contributed by atoms with Gasteiger partial charge in [0.1, 0.15) is 6.54 Å². The lowest BCUT2D eigenvalue weighted by Gasteiger charge is -2.31. The van der Waals surface area contributed by atoms with Crippen LogP contribution < -0.4 is 33.4 Å². The van der Waals surface area contributed by atoms with Gasteiger partial charge >= 0.3 is 0 Å². The summed E-state index contributed by atoms with van der Waals surface area (Å²) in [6, 6.07) is 39.4. The third-order valence-corrected chi connectivity index (χ3v) is 8.72. The molecular formula is C43H46IN3O. The standard InChI is InChI=1S/C27H29N2.C16H17NO.HI/c1-5-28-21(4)19-22(25-15-8-10-17-27(25)28)12-11-13-23-18-20(3)24-14-7-9-16-26(24)29(23)6-2;1-17(2)16(18)15(13-9-5-3-6-10-13)14-11-7-4-8-12-14;/h7-19H,5-6H2,1-4H3;3-12,15H,1-2H3;1H/q+1;;/p-1. The minimum Gasteiger partial charge on any atom is -1.00 e. The SMILES string of the molecule is CCN1C(C)=C/C(=C/C=C/c2cc(C)c3ccccc3[n+]2CC)c2ccccc21.CN(C)C(=O)C(c1ccccc1)c1ccccc1.[I-]. The van der Waals surface area contributed by atoms with Crippen LogP contribution in [0.25, 0.3) is 22.6 Å². The molecule has 6 rings (SSSR count). The van der Waals surface area contributed by atoms with Gasteiger partial charge in [-0.15, -0.1) is 0 Å². The lowest BCUT2D eigenvalue weighted by molar-refractivity contribution is -0.669. The predicted octanol–water partition coefficient (Wildman–Crippen LogP) is 6.21. The number of anilines is 1. The summed E-state index contributed by atoms with van der Waals surface area (Å²) in [5.74, 6) is -0.116. The van der Waals surface area contributed by atoms with Crippen molar-refractivity contribution in [2.45, 2.75) is 40.2 Å². The maximum Gasteiger partial charge on any atom is 0.234 e. The molecule has 0 saturated heterocycles. The lowest BCUT2D eigenvalue weighted by atomic mass is 9.90. The third kappa shape index (κ3) is 8.13. The molecule has 0 spiro atoms. The van der Waals surface area contributed by atoms with E-state index in [1.165, 1.54) is 44.7 Å². The highest BCUT2D eigenvalue weighted by atomic mass is 127. The predicted molar refractivity (Wildman–Crippen MR) is 198 cm³/mol. The number of aromatic nitrogens is 1. The van der Waals surface area contributed by atoms with Gasteiger partial charge in [-0.3, -0.25) is 4.79 Å². The fraction of sp³-hybridized carbons (Fsp3) is 0.209. The van der Waals surface area contributed by atoms with E-state index in [4.69, 9.17) is 0 Å². The largest absolute Gasteiger partial charge is 1.00 e. The molecule has 0 unspecified atom stereocenters. The van der Waals surface area contributed by atoms with Crippen molar-refractivity contribution in [2.75, 3.05) is 25.5 Å². The van der Waals surface area contributed by atoms with Gasteiger partial charge in [0.05, 0.1) is 5.92 Å². The van der Waals surface area contributed by atoms with Crippen LogP contribution in [0.4, 0.5) is 5.69 Å². The molecule has 1 aromatic heterocycles. The van der Waals surface area contributed by atoms with Crippen LogP contribution >= 0.6 is 0 Å². The third-order valence-electron chi connectivity index (χ3n) is 8.72. The molecule has 1 aliphatic rings. The topological polar surface area (TPSA) is 27.4 Å². The normalized spacial score (nSPS) is 13.1. The molecule has 0 bridgehead atoms. The van der Waals surface area contributed by atoms with Gasteiger partial charge in [-0.05, 0) is 68.2 Å². The summed E-state index contributed by atoms with van der Waals surface area (Å²) >= 11 is 0. The van der Waals surface area contributed by atoms with Crippen molar-refractivity contribution in [1.82, 2.24) is 4.90 Å². The Morgan fingerprint density at radius 2 is 1.40 bits per heavy atom. The molecule has 1 amide bonds. The minimum absolute atomic E-state index is 0. The van der Waals surface area contributed by atoms with Gasteiger partial charge < -0.3 is 33.8 Å². The number of para-hydroxylation sites is 2. The second-order valence-corrected chi connectivity index (χ2v) is 12.0. The lowest BCUT2D eigenvalue weighted by Crippen LogP contribution is -3.00. The summed E-state index contributed by atoms with van der Waals surface area (Å²) < 4.78 is 2.38. The molecule has 1 aliphatic heterocycles. The van der Waals surface area contributed by atoms with Gasteiger partial charge in [-0.1, -0.05) is 103 Å². The average Bonchev–Trinajstić information content (AvgIpc) is 3.10. The minimum atomic E-state index is -0.220. The Labute approximate surface area is 303 Å². The number of halogens is 1. The maximum absolute atomic E-state index is 12.4. The first-order chi connectivity index (χ1) is 22.8. The molecule has 0 N–H and O–H groups in total. The Morgan fingerprint density at radius 3 is 2.00 bits per heavy atom. The summed E-state index contributed by atoms with van der Waals surface area (Å²) in [6.07, 6.45) is 8.94. The molecule has 5 heteroatoms. The number of carbonyl (C=O) groups is 1. The summed E-state index contributed by atoms with van der Waals surface area (Å²) in [6.45, 7) is 10.7. The summed E-state index contributed by atoms with van der Waals surface area (Å²) in [5, 5.41) is 1.32. The molecule has 4 aromatic carbocycles. The molecule has 2 heterocycles. The van der Waals surface area contributed by atoms with Gasteiger partial charge in [0, 0.05) is 61.2 Å². The van der Waals surface area contributed by atoms with E-state index in [0.717, 1.165) is 24.2 Å². The van der Waals surface area contributed by atoms with E-state index in [0.29, 0.717) is 0 Å². The zero-order valence-corrected chi connectivity index (χ0v) is 31.1. The number of carbonyl (C=O) groups excluding carboxylic acids is 1. The average molecular weight is 748 g/mol. The molecule has 0 radical (unpaired) electrons. The Balaban J connectivity index is 0.000000236. The second kappa shape index (κ2) is 17.1. The van der Waals surface area contributed by atoms with Crippen molar-refractivity contribution in [2.24, 2.45) is 0 Å². The van der Waals surface area contributed by atoms with E-state index in [2.05, 4.69) is 116 Å². The van der Waals surface area contributed by atoms with Crippen LogP contribution in [-0.4, -0.2) is 31.4 Å². The number of likely N-dealkylation sites (N-methyl/N-ethyl adjacent to an activating group) is 1. The van der Waals surface area contributed by atoms with Crippen LogP contribution in [0.5, 0.6) is 0 Å². The molecule has 0 aliphatic carbocycles. The Morgan fingerprint density at radius 1 is 0.812 bits per heavy atom. The number of nitrogens with zero attached hydrogens (tertiary/aromatic N) is 3. The van der Waals surface area contributed by atoms with Crippen molar-refractivity contribution < 1.29 is 33.3 Å². The summed E-state index contributed by atoms with van der Waals surface area (Å²) in [4.78, 5) is 16.4. The first-order valence-electron chi connectivity index (χ1n) is 16.5. The van der Waals surface area contributed by atoms with Crippen LogP contribution in [0.1, 0.15) is 54.6 Å². The monoisotopic (exact) mass is 747 g/mol. The molecule has 0 atom stereocenters. The zero-order chi connectivity index (χ0) is 33.3. The van der Waals surface area contributed by atoms with Gasteiger partial charge in [0.2, 0.25) is 17.1 Å². The van der Waals surface area contributed by atoms with Gasteiger partial charge in [-0.25, -0.2) is 0 Å². The highest BCUT2D eigenvalue weighted by Gasteiger charge is 2.24. The van der Waals surface area contributed by atoms with Gasteiger partial charge in [0.15, 0.2) is 0 Å². The van der Waals surface area contributed by atoms with Crippen molar-refractivity contribution in [3.63, 3.8) is 0 Å². The van der Waals surface area contributed by atoms with Gasteiger partial charge in [-0.2, -0.15) is 4.57 Å². The fourth-order valence-corrected chi connectivity index (χ4v) is 6.41. The molecule has 4 nitrogen and oxygen atoms in total. The fourth-order valence-electron chi connectivity index (χ4n) is 6.41. The van der Waals surface area contributed by atoms with Crippen molar-refractivity contribution >= 4 is 34.1 Å². The van der Waals surface area contributed by atoms with E-state index in [-0.39, 0.29) is 35.8 Å². The van der Waals surface area contributed by atoms with Crippen LogP contribution in [0.15, 0.2) is 139 Å². The molecular weight excluding hydrogens is 701 g/mol. The highest BCUT2D eigenvalue weighted by Crippen LogP contribution is 2.35.